The fourth-order valence-electron chi connectivity index (χ4n) is 1.45. The van der Waals surface area contributed by atoms with Crippen molar-refractivity contribution >= 4 is 6.09 Å². The first-order valence-electron chi connectivity index (χ1n) is 4.45. The van der Waals surface area contributed by atoms with Gasteiger partial charge in [-0.1, -0.05) is 6.92 Å². The normalized spacial score (nSPS) is 25.1. The Morgan fingerprint density at radius 2 is 2.50 bits per heavy atom. The SMILES string of the molecule is CCC1CN(C(=O)O)CCCN1. The number of carbonyl (C=O) groups is 1. The van der Waals surface area contributed by atoms with Crippen LogP contribution in [0.3, 0.4) is 0 Å². The van der Waals surface area contributed by atoms with E-state index >= 15 is 0 Å². The second-order valence-corrected chi connectivity index (χ2v) is 3.14. The predicted molar refractivity (Wildman–Crippen MR) is 46.3 cm³/mol. The summed E-state index contributed by atoms with van der Waals surface area (Å²) in [7, 11) is 0. The molecule has 4 heteroatoms. The molecular weight excluding hydrogens is 156 g/mol. The molecule has 1 saturated heterocycles. The van der Waals surface area contributed by atoms with Gasteiger partial charge in [-0.15, -0.1) is 0 Å². The fourth-order valence-corrected chi connectivity index (χ4v) is 1.45. The van der Waals surface area contributed by atoms with Gasteiger partial charge in [0, 0.05) is 19.1 Å². The summed E-state index contributed by atoms with van der Waals surface area (Å²) >= 11 is 0. The van der Waals surface area contributed by atoms with Gasteiger partial charge in [0.25, 0.3) is 0 Å². The van der Waals surface area contributed by atoms with Crippen LogP contribution in [0, 0.1) is 0 Å². The molecule has 70 valence electrons. The van der Waals surface area contributed by atoms with Crippen molar-refractivity contribution in [3.63, 3.8) is 0 Å². The van der Waals surface area contributed by atoms with Gasteiger partial charge in [0.1, 0.15) is 0 Å². The van der Waals surface area contributed by atoms with Crippen molar-refractivity contribution in [3.8, 4) is 0 Å². The molecule has 0 aromatic heterocycles. The molecule has 1 amide bonds. The third-order valence-corrected chi connectivity index (χ3v) is 2.24. The van der Waals surface area contributed by atoms with Gasteiger partial charge < -0.3 is 15.3 Å². The molecule has 0 aliphatic carbocycles. The summed E-state index contributed by atoms with van der Waals surface area (Å²) in [5.41, 5.74) is 0. The molecule has 0 aromatic carbocycles. The summed E-state index contributed by atoms with van der Waals surface area (Å²) in [6.07, 6.45) is 1.12. The van der Waals surface area contributed by atoms with Gasteiger partial charge in [-0.2, -0.15) is 0 Å². The average molecular weight is 172 g/mol. The van der Waals surface area contributed by atoms with Crippen LogP contribution in [0.1, 0.15) is 19.8 Å². The Morgan fingerprint density at radius 1 is 1.75 bits per heavy atom. The Balaban J connectivity index is 2.47. The summed E-state index contributed by atoms with van der Waals surface area (Å²) in [5.74, 6) is 0. The van der Waals surface area contributed by atoms with Crippen molar-refractivity contribution in [3.05, 3.63) is 0 Å². The third-order valence-electron chi connectivity index (χ3n) is 2.24. The molecule has 0 bridgehead atoms. The highest BCUT2D eigenvalue weighted by atomic mass is 16.4. The first-order chi connectivity index (χ1) is 5.74. The highest BCUT2D eigenvalue weighted by Gasteiger charge is 2.19. The van der Waals surface area contributed by atoms with E-state index in [1.165, 1.54) is 4.90 Å². The zero-order valence-corrected chi connectivity index (χ0v) is 7.42. The van der Waals surface area contributed by atoms with Crippen molar-refractivity contribution in [1.29, 1.82) is 0 Å². The van der Waals surface area contributed by atoms with Crippen LogP contribution in [0.5, 0.6) is 0 Å². The van der Waals surface area contributed by atoms with Gasteiger partial charge in [-0.25, -0.2) is 4.79 Å². The predicted octanol–water partition coefficient (Wildman–Crippen LogP) is 0.738. The second kappa shape index (κ2) is 4.30. The Morgan fingerprint density at radius 3 is 3.08 bits per heavy atom. The van der Waals surface area contributed by atoms with E-state index in [0.29, 0.717) is 19.1 Å². The standard InChI is InChI=1S/C8H16N2O2/c1-2-7-6-10(8(11)12)5-3-4-9-7/h7,9H,2-6H2,1H3,(H,11,12). The molecule has 0 aromatic rings. The number of rotatable bonds is 1. The molecule has 0 radical (unpaired) electrons. The summed E-state index contributed by atoms with van der Waals surface area (Å²) in [6.45, 7) is 4.30. The molecule has 1 atom stereocenters. The minimum atomic E-state index is -0.794. The van der Waals surface area contributed by atoms with Crippen molar-refractivity contribution < 1.29 is 9.90 Å². The molecule has 1 heterocycles. The number of nitrogens with one attached hydrogen (secondary N) is 1. The van der Waals surface area contributed by atoms with Crippen LogP contribution in [-0.4, -0.2) is 41.8 Å². The lowest BCUT2D eigenvalue weighted by Gasteiger charge is -2.20. The van der Waals surface area contributed by atoms with Crippen LogP contribution in [0.25, 0.3) is 0 Å². The second-order valence-electron chi connectivity index (χ2n) is 3.14. The molecule has 0 saturated carbocycles. The van der Waals surface area contributed by atoms with Crippen LogP contribution in [0.4, 0.5) is 4.79 Å². The lowest BCUT2D eigenvalue weighted by molar-refractivity contribution is 0.144. The largest absolute Gasteiger partial charge is 0.465 e. The van der Waals surface area contributed by atoms with Crippen molar-refractivity contribution in [1.82, 2.24) is 10.2 Å². The Labute approximate surface area is 72.6 Å². The topological polar surface area (TPSA) is 52.6 Å². The zero-order chi connectivity index (χ0) is 8.97. The van der Waals surface area contributed by atoms with Crippen LogP contribution in [0.15, 0.2) is 0 Å². The van der Waals surface area contributed by atoms with E-state index in [4.69, 9.17) is 5.11 Å². The average Bonchev–Trinajstić information content (AvgIpc) is 2.28. The minimum Gasteiger partial charge on any atom is -0.465 e. The molecule has 0 spiro atoms. The van der Waals surface area contributed by atoms with Gasteiger partial charge >= 0.3 is 6.09 Å². The van der Waals surface area contributed by atoms with Gasteiger partial charge in [-0.05, 0) is 19.4 Å². The molecule has 1 rings (SSSR count). The maximum atomic E-state index is 10.7. The number of amides is 1. The van der Waals surface area contributed by atoms with E-state index in [0.717, 1.165) is 19.4 Å². The molecule has 12 heavy (non-hydrogen) atoms. The summed E-state index contributed by atoms with van der Waals surface area (Å²) in [4.78, 5) is 12.2. The maximum absolute atomic E-state index is 10.7. The number of hydrogen-bond acceptors (Lipinski definition) is 2. The third kappa shape index (κ3) is 2.37. The fraction of sp³-hybridized carbons (Fsp3) is 0.875. The lowest BCUT2D eigenvalue weighted by Crippen LogP contribution is -2.39. The number of hydrogen-bond donors (Lipinski definition) is 2. The number of nitrogens with zero attached hydrogens (tertiary/aromatic N) is 1. The van der Waals surface area contributed by atoms with Crippen LogP contribution in [0.2, 0.25) is 0 Å². The zero-order valence-electron chi connectivity index (χ0n) is 7.42. The molecule has 4 nitrogen and oxygen atoms in total. The first kappa shape index (κ1) is 9.32. The van der Waals surface area contributed by atoms with Crippen LogP contribution >= 0.6 is 0 Å². The van der Waals surface area contributed by atoms with E-state index < -0.39 is 6.09 Å². The Kier molecular flexibility index (Phi) is 3.34. The van der Waals surface area contributed by atoms with Crippen LogP contribution < -0.4 is 5.32 Å². The van der Waals surface area contributed by atoms with Crippen LogP contribution in [-0.2, 0) is 0 Å². The molecule has 1 fully saturated rings. The summed E-state index contributed by atoms with van der Waals surface area (Å²) in [6, 6.07) is 0.337. The molecular formula is C8H16N2O2. The number of carboxylic acid groups (broad SMARTS) is 1. The van der Waals surface area contributed by atoms with Gasteiger partial charge in [-0.3, -0.25) is 0 Å². The van der Waals surface area contributed by atoms with E-state index in [9.17, 15) is 4.79 Å². The minimum absolute atomic E-state index is 0.337. The quantitative estimate of drug-likeness (QED) is 0.613. The first-order valence-corrected chi connectivity index (χ1v) is 4.45. The molecule has 1 aliphatic rings. The summed E-state index contributed by atoms with van der Waals surface area (Å²) < 4.78 is 0. The van der Waals surface area contributed by atoms with E-state index in [1.807, 2.05) is 0 Å². The van der Waals surface area contributed by atoms with Gasteiger partial charge in [0.05, 0.1) is 0 Å². The molecule has 2 N–H and O–H groups in total. The highest BCUT2D eigenvalue weighted by molar-refractivity contribution is 5.65. The van der Waals surface area contributed by atoms with Crippen molar-refractivity contribution in [2.24, 2.45) is 0 Å². The monoisotopic (exact) mass is 172 g/mol. The van der Waals surface area contributed by atoms with E-state index in [-0.39, 0.29) is 0 Å². The van der Waals surface area contributed by atoms with E-state index in [1.54, 1.807) is 0 Å². The van der Waals surface area contributed by atoms with Crippen molar-refractivity contribution in [2.75, 3.05) is 19.6 Å². The molecule has 1 unspecified atom stereocenters. The highest BCUT2D eigenvalue weighted by Crippen LogP contribution is 2.03. The lowest BCUT2D eigenvalue weighted by atomic mass is 10.2. The maximum Gasteiger partial charge on any atom is 0.407 e. The van der Waals surface area contributed by atoms with Gasteiger partial charge in [0.15, 0.2) is 0 Å². The molecule has 1 aliphatic heterocycles. The Bertz CT molecular complexity index is 161. The van der Waals surface area contributed by atoms with Crippen molar-refractivity contribution in [2.45, 2.75) is 25.8 Å². The Hall–Kier alpha value is -0.770. The van der Waals surface area contributed by atoms with E-state index in [2.05, 4.69) is 12.2 Å². The summed E-state index contributed by atoms with van der Waals surface area (Å²) in [5, 5.41) is 12.1. The smallest absolute Gasteiger partial charge is 0.407 e. The van der Waals surface area contributed by atoms with Gasteiger partial charge in [0.2, 0.25) is 0 Å².